The van der Waals surface area contributed by atoms with Gasteiger partial charge in [-0.2, -0.15) is 18.3 Å². The molecule has 0 spiro atoms. The highest BCUT2D eigenvalue weighted by Gasteiger charge is 2.37. The number of carbonyl (C=O) groups is 1. The minimum atomic E-state index is -4.70. The van der Waals surface area contributed by atoms with Crippen LogP contribution >= 0.6 is 0 Å². The Bertz CT molecular complexity index is 589. The Hall–Kier alpha value is -2.38. The second kappa shape index (κ2) is 4.71. The maximum absolute atomic E-state index is 12.6. The van der Waals surface area contributed by atoms with Crippen LogP contribution in [-0.2, 0) is 6.18 Å². The van der Waals surface area contributed by atoms with Gasteiger partial charge in [-0.1, -0.05) is 0 Å². The average Bonchev–Trinajstić information content (AvgIpc) is 2.81. The van der Waals surface area contributed by atoms with Gasteiger partial charge in [0.15, 0.2) is 5.69 Å². The van der Waals surface area contributed by atoms with Crippen molar-refractivity contribution in [2.45, 2.75) is 6.18 Å². The Morgan fingerprint density at radius 1 is 1.21 bits per heavy atom. The number of rotatable bonds is 2. The highest BCUT2D eigenvalue weighted by Crippen LogP contribution is 2.30. The molecule has 0 radical (unpaired) electrons. The van der Waals surface area contributed by atoms with E-state index in [0.29, 0.717) is 0 Å². The number of alkyl halides is 3. The van der Waals surface area contributed by atoms with Crippen LogP contribution in [-0.4, -0.2) is 16.1 Å². The van der Waals surface area contributed by atoms with Crippen molar-refractivity contribution in [2.24, 2.45) is 0 Å². The molecule has 1 aromatic heterocycles. The van der Waals surface area contributed by atoms with Gasteiger partial charge in [-0.3, -0.25) is 9.89 Å². The highest BCUT2D eigenvalue weighted by atomic mass is 19.4. The van der Waals surface area contributed by atoms with E-state index in [1.165, 1.54) is 12.1 Å². The Morgan fingerprint density at radius 2 is 1.84 bits per heavy atom. The van der Waals surface area contributed by atoms with Crippen molar-refractivity contribution in [3.8, 4) is 0 Å². The monoisotopic (exact) mass is 273 g/mol. The molecule has 0 atom stereocenters. The van der Waals surface area contributed by atoms with Crippen LogP contribution in [0.15, 0.2) is 30.5 Å². The van der Waals surface area contributed by atoms with E-state index in [1.807, 2.05) is 0 Å². The number of halogens is 4. The Morgan fingerprint density at radius 3 is 2.42 bits per heavy atom. The predicted octanol–water partition coefficient (Wildman–Crippen LogP) is 2.82. The molecule has 0 aliphatic heterocycles. The Labute approximate surface area is 104 Å². The number of anilines is 1. The summed E-state index contributed by atoms with van der Waals surface area (Å²) in [5.74, 6) is -1.50. The summed E-state index contributed by atoms with van der Waals surface area (Å²) in [6, 6.07) is 4.63. The lowest BCUT2D eigenvalue weighted by atomic mass is 10.2. The summed E-state index contributed by atoms with van der Waals surface area (Å²) in [5.41, 5.74) is -1.68. The summed E-state index contributed by atoms with van der Waals surface area (Å²) >= 11 is 0. The second-order valence-electron chi connectivity index (χ2n) is 3.62. The molecule has 0 saturated heterocycles. The van der Waals surface area contributed by atoms with Gasteiger partial charge in [-0.05, 0) is 24.3 Å². The first-order chi connectivity index (χ1) is 8.88. The van der Waals surface area contributed by atoms with Crippen LogP contribution in [0.2, 0.25) is 0 Å². The number of amides is 1. The summed E-state index contributed by atoms with van der Waals surface area (Å²) in [4.78, 5) is 11.7. The van der Waals surface area contributed by atoms with E-state index in [1.54, 1.807) is 5.10 Å². The van der Waals surface area contributed by atoms with Gasteiger partial charge < -0.3 is 5.32 Å². The minimum Gasteiger partial charge on any atom is -0.322 e. The van der Waals surface area contributed by atoms with Crippen LogP contribution in [0.5, 0.6) is 0 Å². The molecule has 0 aliphatic rings. The molecule has 1 aromatic carbocycles. The molecule has 0 fully saturated rings. The predicted molar refractivity (Wildman–Crippen MR) is 57.9 cm³/mol. The zero-order valence-corrected chi connectivity index (χ0v) is 9.25. The summed E-state index contributed by atoms with van der Waals surface area (Å²) in [7, 11) is 0. The van der Waals surface area contributed by atoms with Crippen LogP contribution < -0.4 is 5.32 Å². The van der Waals surface area contributed by atoms with Crippen molar-refractivity contribution in [3.05, 3.63) is 47.5 Å². The van der Waals surface area contributed by atoms with Crippen molar-refractivity contribution in [1.82, 2.24) is 10.2 Å². The van der Waals surface area contributed by atoms with E-state index in [0.717, 1.165) is 18.3 Å². The molecule has 19 heavy (non-hydrogen) atoms. The highest BCUT2D eigenvalue weighted by molar-refractivity contribution is 6.05. The first-order valence-electron chi connectivity index (χ1n) is 5.05. The third kappa shape index (κ3) is 2.90. The summed E-state index contributed by atoms with van der Waals surface area (Å²) in [6.07, 6.45) is -3.92. The number of aromatic nitrogens is 2. The van der Waals surface area contributed by atoms with Crippen molar-refractivity contribution in [1.29, 1.82) is 0 Å². The number of hydrogen-bond donors (Lipinski definition) is 2. The normalized spacial score (nSPS) is 11.4. The van der Waals surface area contributed by atoms with Gasteiger partial charge >= 0.3 is 6.18 Å². The molecule has 0 aliphatic carbocycles. The molecule has 0 unspecified atom stereocenters. The third-order valence-electron chi connectivity index (χ3n) is 2.27. The van der Waals surface area contributed by atoms with Crippen molar-refractivity contribution >= 4 is 11.6 Å². The van der Waals surface area contributed by atoms with Gasteiger partial charge in [0.05, 0.1) is 11.8 Å². The topological polar surface area (TPSA) is 57.8 Å². The maximum atomic E-state index is 12.6. The standard InChI is InChI=1S/C11H7F4N3O/c12-6-1-3-7(4-2-6)17-10(19)8-5-16-18-9(8)11(13,14)15/h1-5H,(H,16,18)(H,17,19). The molecule has 2 rings (SSSR count). The summed E-state index contributed by atoms with van der Waals surface area (Å²) < 4.78 is 50.2. The quantitative estimate of drug-likeness (QED) is 0.826. The number of hydrogen-bond acceptors (Lipinski definition) is 2. The lowest BCUT2D eigenvalue weighted by molar-refractivity contribution is -0.141. The van der Waals surface area contributed by atoms with Crippen molar-refractivity contribution in [2.75, 3.05) is 5.32 Å². The lowest BCUT2D eigenvalue weighted by Gasteiger charge is -2.07. The number of H-pyrrole nitrogens is 1. The molecule has 2 aromatic rings. The first-order valence-corrected chi connectivity index (χ1v) is 5.05. The Balaban J connectivity index is 2.21. The molecular weight excluding hydrogens is 266 g/mol. The molecular formula is C11H7F4N3O. The molecule has 100 valence electrons. The molecule has 1 heterocycles. The fraction of sp³-hybridized carbons (Fsp3) is 0.0909. The fourth-order valence-corrected chi connectivity index (χ4v) is 1.41. The van der Waals surface area contributed by atoms with Gasteiger partial charge in [0, 0.05) is 5.69 Å². The number of benzene rings is 1. The van der Waals surface area contributed by atoms with E-state index in [4.69, 9.17) is 0 Å². The molecule has 2 N–H and O–H groups in total. The summed E-state index contributed by atoms with van der Waals surface area (Å²) in [6.45, 7) is 0. The summed E-state index contributed by atoms with van der Waals surface area (Å²) in [5, 5.41) is 7.14. The van der Waals surface area contributed by atoms with Crippen LogP contribution in [0.25, 0.3) is 0 Å². The van der Waals surface area contributed by atoms with Crippen molar-refractivity contribution in [3.63, 3.8) is 0 Å². The van der Waals surface area contributed by atoms with Crippen LogP contribution in [0.3, 0.4) is 0 Å². The smallest absolute Gasteiger partial charge is 0.322 e. The van der Waals surface area contributed by atoms with E-state index >= 15 is 0 Å². The largest absolute Gasteiger partial charge is 0.433 e. The van der Waals surface area contributed by atoms with Gasteiger partial charge in [-0.25, -0.2) is 4.39 Å². The van der Waals surface area contributed by atoms with Gasteiger partial charge in [0.25, 0.3) is 5.91 Å². The van der Waals surface area contributed by atoms with Crippen molar-refractivity contribution < 1.29 is 22.4 Å². The van der Waals surface area contributed by atoms with E-state index < -0.39 is 29.2 Å². The number of aromatic amines is 1. The van der Waals surface area contributed by atoms with Crippen LogP contribution in [0, 0.1) is 5.82 Å². The maximum Gasteiger partial charge on any atom is 0.433 e. The second-order valence-corrected chi connectivity index (χ2v) is 3.62. The fourth-order valence-electron chi connectivity index (χ4n) is 1.41. The SMILES string of the molecule is O=C(Nc1ccc(F)cc1)c1cn[nH]c1C(F)(F)F. The zero-order chi connectivity index (χ0) is 14.0. The molecule has 8 heteroatoms. The molecule has 1 amide bonds. The van der Waals surface area contributed by atoms with Gasteiger partial charge in [0.2, 0.25) is 0 Å². The molecule has 4 nitrogen and oxygen atoms in total. The zero-order valence-electron chi connectivity index (χ0n) is 9.25. The minimum absolute atomic E-state index is 0.181. The van der Waals surface area contributed by atoms with Gasteiger partial charge in [0.1, 0.15) is 5.82 Å². The molecule has 0 bridgehead atoms. The lowest BCUT2D eigenvalue weighted by Crippen LogP contribution is -2.17. The Kier molecular flexibility index (Phi) is 3.24. The van der Waals surface area contributed by atoms with E-state index in [-0.39, 0.29) is 5.69 Å². The average molecular weight is 273 g/mol. The first kappa shape index (κ1) is 13.1. The van der Waals surface area contributed by atoms with E-state index in [2.05, 4.69) is 10.4 Å². The van der Waals surface area contributed by atoms with Crippen LogP contribution in [0.1, 0.15) is 16.1 Å². The number of carbonyl (C=O) groups excluding carboxylic acids is 1. The molecule has 0 saturated carbocycles. The third-order valence-corrected chi connectivity index (χ3v) is 2.27. The number of nitrogens with one attached hydrogen (secondary N) is 2. The van der Waals surface area contributed by atoms with E-state index in [9.17, 15) is 22.4 Å². The number of nitrogens with zero attached hydrogens (tertiary/aromatic N) is 1. The van der Waals surface area contributed by atoms with Crippen LogP contribution in [0.4, 0.5) is 23.2 Å². The van der Waals surface area contributed by atoms with Gasteiger partial charge in [-0.15, -0.1) is 0 Å².